The Balaban J connectivity index is 1.78. The first-order chi connectivity index (χ1) is 20.2. The number of aryl methyl sites for hydroxylation is 1. The van der Waals surface area contributed by atoms with E-state index in [1.54, 1.807) is 13.8 Å². The van der Waals surface area contributed by atoms with Crippen LogP contribution in [0.2, 0.25) is 0 Å². The second-order valence-electron chi connectivity index (χ2n) is 11.0. The fourth-order valence-electron chi connectivity index (χ4n) is 4.54. The zero-order valence-electron chi connectivity index (χ0n) is 26.4. The minimum Gasteiger partial charge on any atom is -0.479 e. The van der Waals surface area contributed by atoms with Gasteiger partial charge >= 0.3 is 19.6 Å². The van der Waals surface area contributed by atoms with Crippen molar-refractivity contribution in [2.75, 3.05) is 19.5 Å². The third-order valence-corrected chi connectivity index (χ3v) is 9.23. The summed E-state index contributed by atoms with van der Waals surface area (Å²) < 4.78 is 44.3. The summed E-state index contributed by atoms with van der Waals surface area (Å²) in [6.45, 7) is 14.1. The number of hydrogen-bond acceptors (Lipinski definition) is 12. The van der Waals surface area contributed by atoms with Crippen LogP contribution in [0, 0.1) is 12.8 Å². The summed E-state index contributed by atoms with van der Waals surface area (Å²) >= 11 is 0. The van der Waals surface area contributed by atoms with Crippen LogP contribution in [0.25, 0.3) is 11.2 Å². The van der Waals surface area contributed by atoms with Crippen LogP contribution in [0.5, 0.6) is 5.88 Å². The number of nitrogens with two attached hydrogens (primary N) is 1. The molecule has 1 fully saturated rings. The van der Waals surface area contributed by atoms with Crippen molar-refractivity contribution in [2.24, 2.45) is 5.92 Å². The molecule has 3 rings (SSSR count). The van der Waals surface area contributed by atoms with Gasteiger partial charge in [-0.05, 0) is 53.9 Å². The van der Waals surface area contributed by atoms with Crippen LogP contribution < -0.4 is 20.6 Å². The summed E-state index contributed by atoms with van der Waals surface area (Å²) in [6.07, 6.45) is 0.202. The number of anilines is 1. The lowest BCUT2D eigenvalue weighted by Gasteiger charge is -2.27. The number of methoxy groups -OCH3 is 1. The van der Waals surface area contributed by atoms with E-state index in [4.69, 9.17) is 29.2 Å². The Bertz CT molecular complexity index is 1290. The third kappa shape index (κ3) is 8.63. The van der Waals surface area contributed by atoms with E-state index in [0.717, 1.165) is 0 Å². The maximum atomic E-state index is 14.1. The Morgan fingerprint density at radius 2 is 1.60 bits per heavy atom. The molecule has 7 atom stereocenters. The zero-order valence-corrected chi connectivity index (χ0v) is 27.3. The maximum absolute atomic E-state index is 14.1. The first-order valence-electron chi connectivity index (χ1n) is 14.6. The minimum atomic E-state index is -4.02. The molecule has 2 aromatic rings. The van der Waals surface area contributed by atoms with Gasteiger partial charge in [-0.15, -0.1) is 0 Å². The average Bonchev–Trinajstić information content (AvgIpc) is 3.48. The zero-order chi connectivity index (χ0) is 32.1. The molecule has 43 heavy (non-hydrogen) atoms. The third-order valence-electron chi connectivity index (χ3n) is 7.26. The molecule has 0 aromatic carbocycles. The molecule has 4 N–H and O–H groups in total. The van der Waals surface area contributed by atoms with E-state index in [9.17, 15) is 14.2 Å². The lowest BCUT2D eigenvalue weighted by molar-refractivity contribution is -0.150. The SMILES string of the molecule is CCC(C)OC(=O)C(C)NP(=O)(NC(C)C(=O)OC(C)CC)OCC1CC(C)C(n2c(C)nc3c(OC)nc(N)nc32)O1. The highest BCUT2D eigenvalue weighted by atomic mass is 31.2. The van der Waals surface area contributed by atoms with Gasteiger partial charge in [0.05, 0.1) is 32.0 Å². The largest absolute Gasteiger partial charge is 0.479 e. The molecule has 1 aliphatic heterocycles. The van der Waals surface area contributed by atoms with Crippen molar-refractivity contribution in [2.45, 2.75) is 111 Å². The Labute approximate surface area is 252 Å². The van der Waals surface area contributed by atoms with Crippen molar-refractivity contribution in [3.05, 3.63) is 5.82 Å². The van der Waals surface area contributed by atoms with E-state index in [1.165, 1.54) is 21.0 Å². The molecular weight excluding hydrogens is 581 g/mol. The maximum Gasteiger partial charge on any atom is 0.342 e. The summed E-state index contributed by atoms with van der Waals surface area (Å²) in [5.74, 6) is -0.283. The predicted octanol–water partition coefficient (Wildman–Crippen LogP) is 3.41. The lowest BCUT2D eigenvalue weighted by Crippen LogP contribution is -2.43. The molecule has 1 saturated heterocycles. The Kier molecular flexibility index (Phi) is 11.9. The number of nitrogens with zero attached hydrogens (tertiary/aromatic N) is 4. The molecule has 7 unspecified atom stereocenters. The average molecular weight is 628 g/mol. The highest BCUT2D eigenvalue weighted by Gasteiger charge is 2.39. The first kappa shape index (κ1) is 34.6. The standard InChI is InChI=1S/C27H46N7O8P/c1-10-15(4)40-25(35)17(6)32-43(37,33-18(7)26(36)41-16(5)11-2)39-13-20-12-14(3)24(42-20)34-19(8)29-21-22(34)30-27(28)31-23(21)38-9/h14-18,20,24H,10-13H2,1-9H3,(H2,28,30,31)(H2,32,33,37). The molecule has 0 radical (unpaired) electrons. The molecule has 0 spiro atoms. The number of hydrogen-bond donors (Lipinski definition) is 3. The first-order valence-corrected chi connectivity index (χ1v) is 16.3. The van der Waals surface area contributed by atoms with Gasteiger partial charge in [0.25, 0.3) is 0 Å². The number of imidazole rings is 1. The molecule has 0 aliphatic carbocycles. The van der Waals surface area contributed by atoms with Crippen molar-refractivity contribution in [3.63, 3.8) is 0 Å². The van der Waals surface area contributed by atoms with Gasteiger partial charge in [-0.3, -0.25) is 18.7 Å². The number of nitrogens with one attached hydrogen (secondary N) is 2. The molecule has 2 aromatic heterocycles. The summed E-state index contributed by atoms with van der Waals surface area (Å²) in [5, 5.41) is 5.45. The number of fused-ring (bicyclic) bond motifs is 1. The Morgan fingerprint density at radius 3 is 2.12 bits per heavy atom. The molecule has 0 bridgehead atoms. The number of rotatable bonds is 15. The fourth-order valence-corrected chi connectivity index (χ4v) is 6.37. The molecule has 16 heteroatoms. The van der Waals surface area contributed by atoms with Crippen LogP contribution >= 0.6 is 7.67 Å². The summed E-state index contributed by atoms with van der Waals surface area (Å²) in [4.78, 5) is 38.3. The predicted molar refractivity (Wildman–Crippen MR) is 159 cm³/mol. The van der Waals surface area contributed by atoms with Gasteiger partial charge in [-0.25, -0.2) is 15.2 Å². The van der Waals surface area contributed by atoms with Gasteiger partial charge in [-0.1, -0.05) is 20.8 Å². The lowest BCUT2D eigenvalue weighted by atomic mass is 10.1. The smallest absolute Gasteiger partial charge is 0.342 e. The van der Waals surface area contributed by atoms with E-state index in [1.807, 2.05) is 32.3 Å². The number of carbonyl (C=O) groups excluding carboxylic acids is 2. The quantitative estimate of drug-likeness (QED) is 0.192. The number of esters is 2. The summed E-state index contributed by atoms with van der Waals surface area (Å²) in [5.41, 5.74) is 6.84. The molecule has 0 saturated carbocycles. The van der Waals surface area contributed by atoms with E-state index in [-0.39, 0.29) is 36.6 Å². The Morgan fingerprint density at radius 1 is 1.05 bits per heavy atom. The van der Waals surface area contributed by atoms with Gasteiger partial charge in [0.2, 0.25) is 11.8 Å². The second-order valence-corrected chi connectivity index (χ2v) is 12.9. The van der Waals surface area contributed by atoms with Crippen LogP contribution in [0.4, 0.5) is 5.95 Å². The van der Waals surface area contributed by atoms with Crippen molar-refractivity contribution in [1.82, 2.24) is 29.7 Å². The van der Waals surface area contributed by atoms with E-state index in [0.29, 0.717) is 36.3 Å². The second kappa shape index (κ2) is 14.8. The van der Waals surface area contributed by atoms with Crippen LogP contribution in [0.15, 0.2) is 0 Å². The molecule has 1 aliphatic rings. The molecule has 15 nitrogen and oxygen atoms in total. The normalized spacial score (nSPS) is 22.9. The highest BCUT2D eigenvalue weighted by Crippen LogP contribution is 2.43. The molecular formula is C27H46N7O8P. The number of carbonyl (C=O) groups is 2. The van der Waals surface area contributed by atoms with E-state index < -0.39 is 44.0 Å². The van der Waals surface area contributed by atoms with Gasteiger partial charge in [0.15, 0.2) is 11.2 Å². The van der Waals surface area contributed by atoms with Gasteiger partial charge in [0, 0.05) is 5.92 Å². The van der Waals surface area contributed by atoms with Gasteiger partial charge in [0.1, 0.15) is 24.1 Å². The fraction of sp³-hybridized carbons (Fsp3) is 0.741. The molecule has 3 heterocycles. The monoisotopic (exact) mass is 627 g/mol. The molecule has 242 valence electrons. The van der Waals surface area contributed by atoms with Crippen LogP contribution in [-0.2, 0) is 32.9 Å². The van der Waals surface area contributed by atoms with Gasteiger partial charge in [-0.2, -0.15) is 9.97 Å². The number of aromatic nitrogens is 4. The van der Waals surface area contributed by atoms with E-state index in [2.05, 4.69) is 25.1 Å². The van der Waals surface area contributed by atoms with Crippen molar-refractivity contribution in [3.8, 4) is 5.88 Å². The van der Waals surface area contributed by atoms with Crippen LogP contribution in [0.3, 0.4) is 0 Å². The van der Waals surface area contributed by atoms with Crippen molar-refractivity contribution < 1.29 is 37.6 Å². The Hall–Kier alpha value is -2.84. The van der Waals surface area contributed by atoms with E-state index >= 15 is 0 Å². The van der Waals surface area contributed by atoms with Gasteiger partial charge < -0.3 is 29.2 Å². The minimum absolute atomic E-state index is 0.0129. The number of nitrogen functional groups attached to an aromatic ring is 1. The van der Waals surface area contributed by atoms with Crippen LogP contribution in [0.1, 0.15) is 79.8 Å². The summed E-state index contributed by atoms with van der Waals surface area (Å²) in [6, 6.07) is -2.00. The topological polar surface area (TPSA) is 191 Å². The van der Waals surface area contributed by atoms with Crippen LogP contribution in [-0.4, -0.2) is 75.6 Å². The molecule has 0 amide bonds. The number of ether oxygens (including phenoxy) is 4. The van der Waals surface area contributed by atoms with Crippen molar-refractivity contribution in [1.29, 1.82) is 0 Å². The highest BCUT2D eigenvalue weighted by molar-refractivity contribution is 7.54. The summed E-state index contributed by atoms with van der Waals surface area (Å²) in [7, 11) is -2.54. The van der Waals surface area contributed by atoms with Crippen molar-refractivity contribution >= 4 is 36.7 Å².